The van der Waals surface area contributed by atoms with Crippen molar-refractivity contribution in [2.45, 2.75) is 6.92 Å². The second kappa shape index (κ2) is 4.77. The molecule has 3 rings (SSSR count). The topological polar surface area (TPSA) is 4.93 Å². The van der Waals surface area contributed by atoms with Gasteiger partial charge in [0, 0.05) is 18.4 Å². The number of nitrogens with zero attached hydrogens (tertiary/aromatic N) is 1. The van der Waals surface area contributed by atoms with Gasteiger partial charge in [0.05, 0.1) is 0 Å². The molecule has 1 aromatic heterocycles. The minimum Gasteiger partial charge on any atom is -0.344 e. The SMILES string of the molecule is Cc1ccc(-c2ccc(-c3ccccc3)n2C)cc1. The highest BCUT2D eigenvalue weighted by molar-refractivity contribution is 5.69. The van der Waals surface area contributed by atoms with E-state index < -0.39 is 0 Å². The van der Waals surface area contributed by atoms with Crippen LogP contribution in [0.15, 0.2) is 66.7 Å². The molecule has 0 spiro atoms. The Morgan fingerprint density at radius 1 is 0.632 bits per heavy atom. The first-order chi connectivity index (χ1) is 9.25. The summed E-state index contributed by atoms with van der Waals surface area (Å²) in [5.74, 6) is 0. The van der Waals surface area contributed by atoms with E-state index in [1.807, 2.05) is 6.07 Å². The number of aromatic nitrogens is 1. The summed E-state index contributed by atoms with van der Waals surface area (Å²) in [4.78, 5) is 0. The molecule has 3 aromatic rings. The molecule has 0 bridgehead atoms. The van der Waals surface area contributed by atoms with Crippen LogP contribution in [0.3, 0.4) is 0 Å². The van der Waals surface area contributed by atoms with Crippen LogP contribution >= 0.6 is 0 Å². The van der Waals surface area contributed by atoms with Crippen molar-refractivity contribution in [1.82, 2.24) is 4.57 Å². The Bertz CT molecular complexity index is 675. The predicted molar refractivity (Wildman–Crippen MR) is 81.0 cm³/mol. The monoisotopic (exact) mass is 247 g/mol. The molecule has 1 nitrogen and oxygen atoms in total. The molecule has 0 fully saturated rings. The molecular formula is C18H17N. The van der Waals surface area contributed by atoms with Crippen molar-refractivity contribution in [3.05, 3.63) is 72.3 Å². The largest absolute Gasteiger partial charge is 0.344 e. The molecule has 19 heavy (non-hydrogen) atoms. The van der Waals surface area contributed by atoms with Crippen molar-refractivity contribution in [3.8, 4) is 22.5 Å². The summed E-state index contributed by atoms with van der Waals surface area (Å²) < 4.78 is 2.25. The molecule has 0 saturated carbocycles. The highest BCUT2D eigenvalue weighted by Gasteiger charge is 2.07. The van der Waals surface area contributed by atoms with Crippen LogP contribution in [-0.4, -0.2) is 4.57 Å². The van der Waals surface area contributed by atoms with Gasteiger partial charge in [-0.25, -0.2) is 0 Å². The van der Waals surface area contributed by atoms with Crippen LogP contribution in [0.2, 0.25) is 0 Å². The average Bonchev–Trinajstić information content (AvgIpc) is 2.83. The molecule has 0 saturated heterocycles. The molecule has 0 unspecified atom stereocenters. The molecule has 0 N–H and O–H groups in total. The summed E-state index contributed by atoms with van der Waals surface area (Å²) in [7, 11) is 2.12. The Morgan fingerprint density at radius 2 is 1.16 bits per heavy atom. The fraction of sp³-hybridized carbons (Fsp3) is 0.111. The summed E-state index contributed by atoms with van der Waals surface area (Å²) in [6.45, 7) is 2.12. The Balaban J connectivity index is 2.06. The van der Waals surface area contributed by atoms with Crippen molar-refractivity contribution in [2.24, 2.45) is 7.05 Å². The molecule has 0 aliphatic carbocycles. The van der Waals surface area contributed by atoms with Crippen molar-refractivity contribution in [2.75, 3.05) is 0 Å². The molecular weight excluding hydrogens is 230 g/mol. The van der Waals surface area contributed by atoms with Gasteiger partial charge in [0.2, 0.25) is 0 Å². The van der Waals surface area contributed by atoms with Gasteiger partial charge < -0.3 is 4.57 Å². The summed E-state index contributed by atoms with van der Waals surface area (Å²) in [6.07, 6.45) is 0. The van der Waals surface area contributed by atoms with Gasteiger partial charge in [-0.05, 0) is 30.2 Å². The fourth-order valence-corrected chi connectivity index (χ4v) is 2.42. The fourth-order valence-electron chi connectivity index (χ4n) is 2.42. The van der Waals surface area contributed by atoms with Gasteiger partial charge in [-0.1, -0.05) is 60.2 Å². The van der Waals surface area contributed by atoms with Crippen molar-refractivity contribution >= 4 is 0 Å². The lowest BCUT2D eigenvalue weighted by atomic mass is 10.1. The Morgan fingerprint density at radius 3 is 1.74 bits per heavy atom. The van der Waals surface area contributed by atoms with Gasteiger partial charge in [0.15, 0.2) is 0 Å². The predicted octanol–water partition coefficient (Wildman–Crippen LogP) is 4.67. The minimum absolute atomic E-state index is 1.25. The number of rotatable bonds is 2. The third-order valence-electron chi connectivity index (χ3n) is 3.54. The summed E-state index contributed by atoms with van der Waals surface area (Å²) in [5.41, 5.74) is 6.30. The molecule has 2 aromatic carbocycles. The zero-order valence-electron chi connectivity index (χ0n) is 11.3. The summed E-state index contributed by atoms with van der Waals surface area (Å²) in [5, 5.41) is 0. The van der Waals surface area contributed by atoms with Crippen LogP contribution in [0, 0.1) is 6.92 Å². The van der Waals surface area contributed by atoms with E-state index in [-0.39, 0.29) is 0 Å². The van der Waals surface area contributed by atoms with Gasteiger partial charge in [-0.2, -0.15) is 0 Å². The number of hydrogen-bond donors (Lipinski definition) is 0. The first-order valence-electron chi connectivity index (χ1n) is 6.54. The number of aryl methyl sites for hydroxylation is 1. The van der Waals surface area contributed by atoms with E-state index in [9.17, 15) is 0 Å². The van der Waals surface area contributed by atoms with Crippen LogP contribution in [0.4, 0.5) is 0 Å². The smallest absolute Gasteiger partial charge is 0.0482 e. The zero-order chi connectivity index (χ0) is 13.2. The Labute approximate surface area is 114 Å². The maximum atomic E-state index is 2.25. The van der Waals surface area contributed by atoms with Crippen LogP contribution in [0.25, 0.3) is 22.5 Å². The third-order valence-corrected chi connectivity index (χ3v) is 3.54. The highest BCUT2D eigenvalue weighted by atomic mass is 15.0. The molecule has 1 heteroatoms. The highest BCUT2D eigenvalue weighted by Crippen LogP contribution is 2.27. The van der Waals surface area contributed by atoms with Crippen LogP contribution < -0.4 is 0 Å². The molecule has 0 amide bonds. The van der Waals surface area contributed by atoms with Gasteiger partial charge in [0.25, 0.3) is 0 Å². The second-order valence-electron chi connectivity index (χ2n) is 4.89. The lowest BCUT2D eigenvalue weighted by Gasteiger charge is -2.08. The maximum Gasteiger partial charge on any atom is 0.0482 e. The maximum absolute atomic E-state index is 2.25. The van der Waals surface area contributed by atoms with Crippen molar-refractivity contribution in [1.29, 1.82) is 0 Å². The number of hydrogen-bond acceptors (Lipinski definition) is 0. The average molecular weight is 247 g/mol. The van der Waals surface area contributed by atoms with E-state index in [2.05, 4.69) is 79.2 Å². The van der Waals surface area contributed by atoms with Gasteiger partial charge in [-0.15, -0.1) is 0 Å². The second-order valence-corrected chi connectivity index (χ2v) is 4.89. The minimum atomic E-state index is 1.25. The van der Waals surface area contributed by atoms with Crippen molar-refractivity contribution < 1.29 is 0 Å². The van der Waals surface area contributed by atoms with Crippen LogP contribution in [-0.2, 0) is 7.05 Å². The van der Waals surface area contributed by atoms with E-state index in [0.29, 0.717) is 0 Å². The van der Waals surface area contributed by atoms with Crippen molar-refractivity contribution in [3.63, 3.8) is 0 Å². The Hall–Kier alpha value is -2.28. The molecule has 94 valence electrons. The Kier molecular flexibility index (Phi) is 2.96. The standard InChI is InChI=1S/C18H17N/c1-14-8-10-16(11-9-14)18-13-12-17(19(18)2)15-6-4-3-5-7-15/h3-13H,1-2H3. The quantitative estimate of drug-likeness (QED) is 0.620. The molecule has 0 aliphatic rings. The summed E-state index contributed by atoms with van der Waals surface area (Å²) >= 11 is 0. The van der Waals surface area contributed by atoms with E-state index in [4.69, 9.17) is 0 Å². The normalized spacial score (nSPS) is 10.6. The van der Waals surface area contributed by atoms with Gasteiger partial charge >= 0.3 is 0 Å². The van der Waals surface area contributed by atoms with Gasteiger partial charge in [-0.3, -0.25) is 0 Å². The third kappa shape index (κ3) is 2.19. The molecule has 0 aliphatic heterocycles. The number of benzene rings is 2. The first-order valence-corrected chi connectivity index (χ1v) is 6.54. The zero-order valence-corrected chi connectivity index (χ0v) is 11.3. The lowest BCUT2D eigenvalue weighted by molar-refractivity contribution is 0.946. The van der Waals surface area contributed by atoms with Gasteiger partial charge in [0.1, 0.15) is 0 Å². The van der Waals surface area contributed by atoms with E-state index >= 15 is 0 Å². The molecule has 0 atom stereocenters. The van der Waals surface area contributed by atoms with E-state index in [1.165, 1.54) is 28.1 Å². The molecule has 0 radical (unpaired) electrons. The lowest BCUT2D eigenvalue weighted by Crippen LogP contribution is -1.94. The molecule has 1 heterocycles. The summed E-state index contributed by atoms with van der Waals surface area (Å²) in [6, 6.07) is 23.5. The first kappa shape index (κ1) is 11.8. The van der Waals surface area contributed by atoms with Crippen LogP contribution in [0.1, 0.15) is 5.56 Å². The van der Waals surface area contributed by atoms with E-state index in [0.717, 1.165) is 0 Å². The van der Waals surface area contributed by atoms with E-state index in [1.54, 1.807) is 0 Å². The van der Waals surface area contributed by atoms with Crippen LogP contribution in [0.5, 0.6) is 0 Å².